The highest BCUT2D eigenvalue weighted by Gasteiger charge is 2.08. The lowest BCUT2D eigenvalue weighted by Gasteiger charge is -2.10. The molecule has 29 heavy (non-hydrogen) atoms. The molecule has 0 saturated carbocycles. The number of nitrogens with one attached hydrogen (secondary N) is 2. The van der Waals surface area contributed by atoms with Crippen molar-refractivity contribution in [3.8, 4) is 11.5 Å². The van der Waals surface area contributed by atoms with Crippen molar-refractivity contribution in [1.29, 1.82) is 0 Å². The third-order valence-corrected chi connectivity index (χ3v) is 4.21. The summed E-state index contributed by atoms with van der Waals surface area (Å²) in [6, 6.07) is 18.7. The first-order valence-corrected chi connectivity index (χ1v) is 9.31. The van der Waals surface area contributed by atoms with Gasteiger partial charge in [-0.3, -0.25) is 4.79 Å². The molecule has 1 amide bonds. The molecule has 0 saturated heterocycles. The van der Waals surface area contributed by atoms with Crippen LogP contribution in [0.15, 0.2) is 60.7 Å². The van der Waals surface area contributed by atoms with Crippen LogP contribution in [0.2, 0.25) is 0 Å². The second kappa shape index (κ2) is 9.54. The lowest BCUT2D eigenvalue weighted by Crippen LogP contribution is -2.21. The van der Waals surface area contributed by atoms with Gasteiger partial charge in [0.25, 0.3) is 5.91 Å². The van der Waals surface area contributed by atoms with Gasteiger partial charge in [-0.25, -0.2) is 0 Å². The molecule has 7 heteroatoms. The van der Waals surface area contributed by atoms with E-state index in [0.29, 0.717) is 29.1 Å². The molecule has 2 aromatic carbocycles. The smallest absolute Gasteiger partial charge is 0.263 e. The summed E-state index contributed by atoms with van der Waals surface area (Å²) in [6.07, 6.45) is 0. The van der Waals surface area contributed by atoms with Crippen molar-refractivity contribution in [2.24, 2.45) is 0 Å². The van der Waals surface area contributed by atoms with E-state index in [0.717, 1.165) is 5.69 Å². The fraction of sp³-hybridized carbons (Fsp3) is 0.227. The van der Waals surface area contributed by atoms with Gasteiger partial charge < -0.3 is 20.1 Å². The van der Waals surface area contributed by atoms with Gasteiger partial charge in [-0.2, -0.15) is 0 Å². The Morgan fingerprint density at radius 1 is 0.931 bits per heavy atom. The number of nitrogens with zero attached hydrogens (tertiary/aromatic N) is 2. The largest absolute Gasteiger partial charge is 0.493 e. The lowest BCUT2D eigenvalue weighted by atomic mass is 10.0. The number of carbonyl (C=O) groups excluding carboxylic acids is 1. The first-order valence-electron chi connectivity index (χ1n) is 9.31. The van der Waals surface area contributed by atoms with Gasteiger partial charge in [-0.05, 0) is 47.9 Å². The lowest BCUT2D eigenvalue weighted by molar-refractivity contribution is -0.118. The molecule has 0 atom stereocenters. The zero-order chi connectivity index (χ0) is 20.6. The van der Waals surface area contributed by atoms with Crippen LogP contribution in [0.1, 0.15) is 25.3 Å². The van der Waals surface area contributed by atoms with Gasteiger partial charge in [0.05, 0.1) is 7.11 Å². The quantitative estimate of drug-likeness (QED) is 0.592. The Balaban J connectivity index is 1.52. The van der Waals surface area contributed by atoms with Crippen molar-refractivity contribution in [3.05, 3.63) is 66.2 Å². The highest BCUT2D eigenvalue weighted by molar-refractivity contribution is 5.91. The highest BCUT2D eigenvalue weighted by Crippen LogP contribution is 2.25. The number of ether oxygens (including phenoxy) is 2. The van der Waals surface area contributed by atoms with Crippen molar-refractivity contribution in [2.75, 3.05) is 24.4 Å². The van der Waals surface area contributed by atoms with Crippen LogP contribution in [0.5, 0.6) is 11.5 Å². The van der Waals surface area contributed by atoms with Crippen LogP contribution in [-0.2, 0) is 4.79 Å². The Morgan fingerprint density at radius 2 is 1.59 bits per heavy atom. The van der Waals surface area contributed by atoms with Gasteiger partial charge in [0.1, 0.15) is 0 Å². The molecule has 0 unspecified atom stereocenters. The topological polar surface area (TPSA) is 85.4 Å². The SMILES string of the molecule is COc1ccccc1OCC(=O)Nc1ccc(Nc2ccc(C(C)C)cc2)nn1. The summed E-state index contributed by atoms with van der Waals surface area (Å²) in [7, 11) is 1.55. The van der Waals surface area contributed by atoms with Crippen LogP contribution in [0, 0.1) is 0 Å². The van der Waals surface area contributed by atoms with Crippen molar-refractivity contribution in [2.45, 2.75) is 19.8 Å². The van der Waals surface area contributed by atoms with Crippen LogP contribution in [0.25, 0.3) is 0 Å². The second-order valence-corrected chi connectivity index (χ2v) is 6.69. The maximum absolute atomic E-state index is 12.1. The molecule has 1 aromatic heterocycles. The molecule has 0 radical (unpaired) electrons. The molecule has 0 fully saturated rings. The Hall–Kier alpha value is -3.61. The monoisotopic (exact) mass is 392 g/mol. The van der Waals surface area contributed by atoms with Crippen LogP contribution < -0.4 is 20.1 Å². The number of carbonyl (C=O) groups is 1. The van der Waals surface area contributed by atoms with Gasteiger partial charge in [0.2, 0.25) is 0 Å². The van der Waals surface area contributed by atoms with E-state index in [1.165, 1.54) is 5.56 Å². The Bertz CT molecular complexity index is 941. The Kier molecular flexibility index (Phi) is 6.63. The van der Waals surface area contributed by atoms with Crippen LogP contribution in [0.4, 0.5) is 17.3 Å². The third-order valence-electron chi connectivity index (χ3n) is 4.21. The molecule has 0 bridgehead atoms. The number of para-hydroxylation sites is 2. The number of amides is 1. The third kappa shape index (κ3) is 5.68. The minimum absolute atomic E-state index is 0.162. The van der Waals surface area contributed by atoms with Gasteiger partial charge in [0, 0.05) is 5.69 Å². The molecule has 3 aromatic rings. The first kappa shape index (κ1) is 20.1. The van der Waals surface area contributed by atoms with Crippen LogP contribution in [0.3, 0.4) is 0 Å². The summed E-state index contributed by atoms with van der Waals surface area (Å²) in [5, 5.41) is 14.0. The van der Waals surface area contributed by atoms with E-state index in [2.05, 4.69) is 46.8 Å². The average molecular weight is 392 g/mol. The molecule has 0 aliphatic heterocycles. The van der Waals surface area contributed by atoms with E-state index in [1.807, 2.05) is 24.3 Å². The second-order valence-electron chi connectivity index (χ2n) is 6.69. The van der Waals surface area contributed by atoms with E-state index < -0.39 is 0 Å². The van der Waals surface area contributed by atoms with Crippen molar-refractivity contribution >= 4 is 23.2 Å². The zero-order valence-electron chi connectivity index (χ0n) is 16.7. The summed E-state index contributed by atoms with van der Waals surface area (Å²) >= 11 is 0. The standard InChI is InChI=1S/C22H24N4O3/c1-15(2)16-8-10-17(11-9-16)23-20-12-13-21(26-25-20)24-22(27)14-29-19-7-5-4-6-18(19)28-3/h4-13,15H,14H2,1-3H3,(H,23,25)(H,24,26,27). The zero-order valence-corrected chi connectivity index (χ0v) is 16.7. The van der Waals surface area contributed by atoms with Gasteiger partial charge in [-0.15, -0.1) is 10.2 Å². The normalized spacial score (nSPS) is 10.5. The number of hydrogen-bond donors (Lipinski definition) is 2. The van der Waals surface area contributed by atoms with Gasteiger partial charge >= 0.3 is 0 Å². The molecule has 1 heterocycles. The molecule has 2 N–H and O–H groups in total. The van der Waals surface area contributed by atoms with Gasteiger partial charge in [0.15, 0.2) is 29.7 Å². The number of anilines is 3. The number of aromatic nitrogens is 2. The summed E-state index contributed by atoms with van der Waals surface area (Å²) in [4.78, 5) is 12.1. The van der Waals surface area contributed by atoms with E-state index in [-0.39, 0.29) is 12.5 Å². The summed E-state index contributed by atoms with van der Waals surface area (Å²) < 4.78 is 10.7. The summed E-state index contributed by atoms with van der Waals surface area (Å²) in [6.45, 7) is 4.15. The maximum atomic E-state index is 12.1. The Labute approximate surface area is 170 Å². The number of benzene rings is 2. The van der Waals surface area contributed by atoms with Crippen LogP contribution in [-0.4, -0.2) is 29.8 Å². The van der Waals surface area contributed by atoms with Crippen molar-refractivity contribution < 1.29 is 14.3 Å². The predicted molar refractivity (Wildman–Crippen MR) is 113 cm³/mol. The predicted octanol–water partition coefficient (Wildman–Crippen LogP) is 4.37. The number of methoxy groups -OCH3 is 1. The molecular weight excluding hydrogens is 368 g/mol. The number of rotatable bonds is 8. The van der Waals surface area contributed by atoms with E-state index in [4.69, 9.17) is 9.47 Å². The van der Waals surface area contributed by atoms with E-state index in [1.54, 1.807) is 31.4 Å². The molecule has 7 nitrogen and oxygen atoms in total. The molecule has 0 spiro atoms. The minimum Gasteiger partial charge on any atom is -0.493 e. The maximum Gasteiger partial charge on any atom is 0.263 e. The summed E-state index contributed by atoms with van der Waals surface area (Å²) in [5.74, 6) is 2.15. The van der Waals surface area contributed by atoms with Crippen LogP contribution >= 0.6 is 0 Å². The highest BCUT2D eigenvalue weighted by atomic mass is 16.5. The number of hydrogen-bond acceptors (Lipinski definition) is 6. The molecular formula is C22H24N4O3. The van der Waals surface area contributed by atoms with E-state index >= 15 is 0 Å². The van der Waals surface area contributed by atoms with Crippen molar-refractivity contribution in [3.63, 3.8) is 0 Å². The average Bonchev–Trinajstić information content (AvgIpc) is 2.74. The fourth-order valence-electron chi connectivity index (χ4n) is 2.63. The Morgan fingerprint density at radius 3 is 2.21 bits per heavy atom. The molecule has 0 aliphatic carbocycles. The van der Waals surface area contributed by atoms with Crippen molar-refractivity contribution in [1.82, 2.24) is 10.2 Å². The molecule has 3 rings (SSSR count). The minimum atomic E-state index is -0.338. The summed E-state index contributed by atoms with van der Waals surface area (Å²) in [5.41, 5.74) is 2.20. The molecule has 0 aliphatic rings. The van der Waals surface area contributed by atoms with Gasteiger partial charge in [-0.1, -0.05) is 38.1 Å². The van der Waals surface area contributed by atoms with E-state index in [9.17, 15) is 4.79 Å². The molecule has 150 valence electrons. The fourth-order valence-corrected chi connectivity index (χ4v) is 2.63. The first-order chi connectivity index (χ1) is 14.0.